The van der Waals surface area contributed by atoms with Crippen molar-refractivity contribution in [3.63, 3.8) is 0 Å². The standard InChI is InChI=1S/C19H24N4O3/c1-25-15-7-8-16(17(12-15)26-2)23-19(24)21-11-9-14-6-5-13-4-3-10-20-18(13)22-14/h5-8,12H,3-4,9-11H2,1-2H3,(H,20,22)(H2,21,23,24). The van der Waals surface area contributed by atoms with Gasteiger partial charge in [-0.1, -0.05) is 6.07 Å². The molecule has 1 aromatic carbocycles. The number of rotatable bonds is 6. The molecule has 2 aromatic rings. The summed E-state index contributed by atoms with van der Waals surface area (Å²) in [6.07, 6.45) is 2.88. The van der Waals surface area contributed by atoms with Gasteiger partial charge < -0.3 is 25.4 Å². The van der Waals surface area contributed by atoms with Gasteiger partial charge in [0.15, 0.2) is 0 Å². The van der Waals surface area contributed by atoms with Crippen LogP contribution in [0.2, 0.25) is 0 Å². The second kappa shape index (κ2) is 8.42. The van der Waals surface area contributed by atoms with Gasteiger partial charge in [-0.15, -0.1) is 0 Å². The van der Waals surface area contributed by atoms with Crippen LogP contribution in [-0.4, -0.2) is 38.3 Å². The molecule has 1 aromatic heterocycles. The number of hydrogen-bond acceptors (Lipinski definition) is 5. The van der Waals surface area contributed by atoms with Crippen molar-refractivity contribution in [2.75, 3.05) is 37.9 Å². The average Bonchev–Trinajstić information content (AvgIpc) is 2.68. The van der Waals surface area contributed by atoms with Gasteiger partial charge in [-0.3, -0.25) is 0 Å². The topological polar surface area (TPSA) is 84.5 Å². The van der Waals surface area contributed by atoms with Crippen LogP contribution in [0.25, 0.3) is 0 Å². The van der Waals surface area contributed by atoms with E-state index in [0.29, 0.717) is 30.2 Å². The second-order valence-electron chi connectivity index (χ2n) is 6.04. The highest BCUT2D eigenvalue weighted by Crippen LogP contribution is 2.28. The summed E-state index contributed by atoms with van der Waals surface area (Å²) in [6, 6.07) is 9.09. The summed E-state index contributed by atoms with van der Waals surface area (Å²) in [6.45, 7) is 1.46. The molecule has 2 heterocycles. The molecule has 26 heavy (non-hydrogen) atoms. The molecule has 1 aliphatic rings. The number of carbonyl (C=O) groups excluding carboxylic acids is 1. The van der Waals surface area contributed by atoms with Crippen LogP contribution in [-0.2, 0) is 12.8 Å². The van der Waals surface area contributed by atoms with Gasteiger partial charge in [-0.25, -0.2) is 9.78 Å². The fourth-order valence-electron chi connectivity index (χ4n) is 2.88. The normalized spacial score (nSPS) is 12.5. The van der Waals surface area contributed by atoms with Gasteiger partial charge in [0.05, 0.1) is 19.9 Å². The number of benzene rings is 1. The minimum atomic E-state index is -0.287. The van der Waals surface area contributed by atoms with Gasteiger partial charge in [0.25, 0.3) is 0 Å². The number of amides is 2. The number of fused-ring (bicyclic) bond motifs is 1. The van der Waals surface area contributed by atoms with E-state index in [1.165, 1.54) is 5.56 Å². The van der Waals surface area contributed by atoms with Crippen LogP contribution in [0.1, 0.15) is 17.7 Å². The summed E-state index contributed by atoms with van der Waals surface area (Å²) < 4.78 is 10.4. The predicted octanol–water partition coefficient (Wildman–Crippen LogP) is 2.82. The van der Waals surface area contributed by atoms with Crippen molar-refractivity contribution in [2.45, 2.75) is 19.3 Å². The van der Waals surface area contributed by atoms with E-state index >= 15 is 0 Å². The van der Waals surface area contributed by atoms with Gasteiger partial charge in [0.1, 0.15) is 17.3 Å². The fourth-order valence-corrected chi connectivity index (χ4v) is 2.88. The maximum Gasteiger partial charge on any atom is 0.319 e. The Morgan fingerprint density at radius 3 is 2.92 bits per heavy atom. The number of hydrogen-bond donors (Lipinski definition) is 3. The van der Waals surface area contributed by atoms with Gasteiger partial charge in [0, 0.05) is 31.3 Å². The molecule has 3 rings (SSSR count). The lowest BCUT2D eigenvalue weighted by Crippen LogP contribution is -2.30. The lowest BCUT2D eigenvalue weighted by molar-refractivity contribution is 0.252. The first kappa shape index (κ1) is 17.8. The minimum absolute atomic E-state index is 0.287. The molecule has 0 spiro atoms. The number of anilines is 2. The lowest BCUT2D eigenvalue weighted by atomic mass is 10.1. The molecule has 0 aliphatic carbocycles. The van der Waals surface area contributed by atoms with Crippen LogP contribution in [0.4, 0.5) is 16.3 Å². The zero-order chi connectivity index (χ0) is 18.4. The molecule has 1 aliphatic heterocycles. The monoisotopic (exact) mass is 356 g/mol. The highest BCUT2D eigenvalue weighted by molar-refractivity contribution is 5.91. The van der Waals surface area contributed by atoms with Gasteiger partial charge in [-0.05, 0) is 36.6 Å². The molecule has 0 fully saturated rings. The van der Waals surface area contributed by atoms with Crippen LogP contribution < -0.4 is 25.4 Å². The molecule has 138 valence electrons. The van der Waals surface area contributed by atoms with E-state index in [0.717, 1.165) is 30.9 Å². The van der Waals surface area contributed by atoms with E-state index in [1.54, 1.807) is 32.4 Å². The van der Waals surface area contributed by atoms with Crippen molar-refractivity contribution < 1.29 is 14.3 Å². The molecule has 0 saturated heterocycles. The molecule has 0 bridgehead atoms. The Morgan fingerprint density at radius 2 is 2.12 bits per heavy atom. The van der Waals surface area contributed by atoms with Gasteiger partial charge in [-0.2, -0.15) is 0 Å². The largest absolute Gasteiger partial charge is 0.497 e. The van der Waals surface area contributed by atoms with Crippen LogP contribution >= 0.6 is 0 Å². The number of ether oxygens (including phenoxy) is 2. The van der Waals surface area contributed by atoms with Crippen LogP contribution in [0, 0.1) is 0 Å². The Balaban J connectivity index is 1.51. The van der Waals surface area contributed by atoms with Gasteiger partial charge in [0.2, 0.25) is 0 Å². The molecular formula is C19H24N4O3. The Morgan fingerprint density at radius 1 is 1.23 bits per heavy atom. The third-order valence-corrected chi connectivity index (χ3v) is 4.28. The Labute approximate surface area is 153 Å². The van der Waals surface area contributed by atoms with E-state index in [-0.39, 0.29) is 6.03 Å². The number of nitrogens with one attached hydrogen (secondary N) is 3. The molecule has 2 amide bonds. The number of pyridine rings is 1. The Hall–Kier alpha value is -2.96. The van der Waals surface area contributed by atoms with E-state index < -0.39 is 0 Å². The molecule has 0 atom stereocenters. The quantitative estimate of drug-likeness (QED) is 0.741. The minimum Gasteiger partial charge on any atom is -0.497 e. The molecule has 7 heteroatoms. The third kappa shape index (κ3) is 4.36. The number of aryl methyl sites for hydroxylation is 1. The second-order valence-corrected chi connectivity index (χ2v) is 6.04. The zero-order valence-corrected chi connectivity index (χ0v) is 15.1. The van der Waals surface area contributed by atoms with E-state index in [4.69, 9.17) is 9.47 Å². The number of carbonyl (C=O) groups is 1. The van der Waals surface area contributed by atoms with E-state index in [1.807, 2.05) is 6.07 Å². The van der Waals surface area contributed by atoms with Crippen molar-refractivity contribution in [2.24, 2.45) is 0 Å². The average molecular weight is 356 g/mol. The maximum absolute atomic E-state index is 12.1. The van der Waals surface area contributed by atoms with Crippen molar-refractivity contribution >= 4 is 17.5 Å². The summed E-state index contributed by atoms with van der Waals surface area (Å²) in [4.78, 5) is 16.7. The molecular weight excluding hydrogens is 332 g/mol. The summed E-state index contributed by atoms with van der Waals surface area (Å²) in [5.41, 5.74) is 2.81. The van der Waals surface area contributed by atoms with Crippen molar-refractivity contribution in [3.05, 3.63) is 41.6 Å². The number of urea groups is 1. The van der Waals surface area contributed by atoms with Crippen molar-refractivity contribution in [1.29, 1.82) is 0 Å². The molecule has 3 N–H and O–H groups in total. The van der Waals surface area contributed by atoms with Crippen LogP contribution in [0.5, 0.6) is 11.5 Å². The van der Waals surface area contributed by atoms with Crippen molar-refractivity contribution in [3.8, 4) is 11.5 Å². The first-order valence-corrected chi connectivity index (χ1v) is 8.69. The molecule has 0 unspecified atom stereocenters. The third-order valence-electron chi connectivity index (χ3n) is 4.28. The fraction of sp³-hybridized carbons (Fsp3) is 0.368. The van der Waals surface area contributed by atoms with Crippen molar-refractivity contribution in [1.82, 2.24) is 10.3 Å². The highest BCUT2D eigenvalue weighted by Gasteiger charge is 2.11. The van der Waals surface area contributed by atoms with E-state index in [9.17, 15) is 4.79 Å². The lowest BCUT2D eigenvalue weighted by Gasteiger charge is -2.17. The number of nitrogens with zero attached hydrogens (tertiary/aromatic N) is 1. The highest BCUT2D eigenvalue weighted by atomic mass is 16.5. The Kier molecular flexibility index (Phi) is 5.78. The molecule has 7 nitrogen and oxygen atoms in total. The smallest absolute Gasteiger partial charge is 0.319 e. The van der Waals surface area contributed by atoms with Crippen LogP contribution in [0.15, 0.2) is 30.3 Å². The molecule has 0 radical (unpaired) electrons. The van der Waals surface area contributed by atoms with Crippen LogP contribution in [0.3, 0.4) is 0 Å². The van der Waals surface area contributed by atoms with Gasteiger partial charge >= 0.3 is 6.03 Å². The predicted molar refractivity (Wildman–Crippen MR) is 101 cm³/mol. The summed E-state index contributed by atoms with van der Waals surface area (Å²) in [7, 11) is 3.13. The number of methoxy groups -OCH3 is 2. The first-order chi connectivity index (χ1) is 12.7. The van der Waals surface area contributed by atoms with E-state index in [2.05, 4.69) is 27.0 Å². The number of aromatic nitrogens is 1. The maximum atomic E-state index is 12.1. The zero-order valence-electron chi connectivity index (χ0n) is 15.1. The Bertz CT molecular complexity index is 779. The summed E-state index contributed by atoms with van der Waals surface area (Å²) >= 11 is 0. The summed E-state index contributed by atoms with van der Waals surface area (Å²) in [5.74, 6) is 2.18. The first-order valence-electron chi connectivity index (χ1n) is 8.69. The molecule has 0 saturated carbocycles. The summed E-state index contributed by atoms with van der Waals surface area (Å²) in [5, 5.41) is 8.95. The SMILES string of the molecule is COc1ccc(NC(=O)NCCc2ccc3c(n2)NCCC3)c(OC)c1.